The maximum atomic E-state index is 13.5. The Morgan fingerprint density at radius 2 is 2.09 bits per heavy atom. The number of unbranched alkanes of at least 4 members (excludes halogenated alkanes) is 1. The summed E-state index contributed by atoms with van der Waals surface area (Å²) < 4.78 is 11.6. The van der Waals surface area contributed by atoms with Gasteiger partial charge in [-0.3, -0.25) is 4.79 Å². The summed E-state index contributed by atoms with van der Waals surface area (Å²) in [4.78, 5) is 16.0. The zero-order valence-corrected chi connectivity index (χ0v) is 20.5. The van der Waals surface area contributed by atoms with Crippen molar-refractivity contribution in [2.45, 2.75) is 57.4 Å². The molecule has 178 valence electrons. The molecule has 9 heteroatoms. The molecule has 1 aromatic carbocycles. The maximum absolute atomic E-state index is 13.5. The minimum absolute atomic E-state index is 0.214. The van der Waals surface area contributed by atoms with Crippen LogP contribution in [0.15, 0.2) is 30.3 Å². The predicted octanol–water partition coefficient (Wildman–Crippen LogP) is 4.67. The quantitative estimate of drug-likeness (QED) is 0.432. The van der Waals surface area contributed by atoms with E-state index in [-0.39, 0.29) is 5.91 Å². The number of hydrogen-bond donors (Lipinski definition) is 2. The number of nitrogens with one attached hydrogen (secondary N) is 2. The summed E-state index contributed by atoms with van der Waals surface area (Å²) in [6.07, 6.45) is 5.11. The summed E-state index contributed by atoms with van der Waals surface area (Å²) in [6, 6.07) is 10.1. The summed E-state index contributed by atoms with van der Waals surface area (Å²) >= 11 is 1.76. The van der Waals surface area contributed by atoms with E-state index in [1.807, 2.05) is 25.1 Å². The van der Waals surface area contributed by atoms with E-state index in [4.69, 9.17) is 9.47 Å². The lowest BCUT2D eigenvalue weighted by Gasteiger charge is -2.37. The van der Waals surface area contributed by atoms with Crippen LogP contribution in [0.5, 0.6) is 11.5 Å². The van der Waals surface area contributed by atoms with Gasteiger partial charge in [0.05, 0.1) is 24.8 Å². The van der Waals surface area contributed by atoms with E-state index in [9.17, 15) is 4.79 Å². The van der Waals surface area contributed by atoms with Gasteiger partial charge in [0.15, 0.2) is 5.82 Å². The molecule has 1 amide bonds. The first-order valence-corrected chi connectivity index (χ1v) is 12.5. The first-order valence-electron chi connectivity index (χ1n) is 11.7. The Hall–Kier alpha value is -3.20. The number of tetrazole rings is 1. The summed E-state index contributed by atoms with van der Waals surface area (Å²) in [5, 5.41) is 17.4. The fourth-order valence-electron chi connectivity index (χ4n) is 4.48. The highest BCUT2D eigenvalue weighted by atomic mass is 32.1. The number of carbonyl (C=O) groups is 1. The van der Waals surface area contributed by atoms with Gasteiger partial charge in [0.2, 0.25) is 0 Å². The molecule has 3 aromatic rings. The Bertz CT molecular complexity index is 1220. The lowest BCUT2D eigenvalue weighted by atomic mass is 9.79. The lowest BCUT2D eigenvalue weighted by Crippen LogP contribution is -2.47. The minimum atomic E-state index is -0.680. The van der Waals surface area contributed by atoms with Gasteiger partial charge in [-0.15, -0.1) is 16.4 Å². The van der Waals surface area contributed by atoms with Gasteiger partial charge in [-0.1, -0.05) is 13.3 Å². The van der Waals surface area contributed by atoms with Crippen molar-refractivity contribution in [3.8, 4) is 11.5 Å². The van der Waals surface area contributed by atoms with Crippen LogP contribution in [0, 0.1) is 0 Å². The van der Waals surface area contributed by atoms with Crippen molar-refractivity contribution in [1.82, 2.24) is 25.9 Å². The van der Waals surface area contributed by atoms with E-state index in [2.05, 4.69) is 45.0 Å². The predicted molar refractivity (Wildman–Crippen MR) is 131 cm³/mol. The number of aromatic nitrogens is 4. The Labute approximate surface area is 202 Å². The number of benzene rings is 1. The molecule has 0 radical (unpaired) electrons. The molecule has 3 heterocycles. The van der Waals surface area contributed by atoms with E-state index in [1.165, 1.54) is 17.7 Å². The average Bonchev–Trinajstić information content (AvgIpc) is 3.31. The third kappa shape index (κ3) is 4.32. The highest BCUT2D eigenvalue weighted by molar-refractivity contribution is 7.13. The van der Waals surface area contributed by atoms with Gasteiger partial charge < -0.3 is 14.8 Å². The number of amides is 1. The summed E-state index contributed by atoms with van der Waals surface area (Å²) in [5.74, 6) is 2.26. The molecule has 1 atom stereocenters. The molecule has 8 nitrogen and oxygen atoms in total. The molecular formula is C25H29N5O3S. The Balaban J connectivity index is 1.54. The second-order valence-corrected chi connectivity index (χ2v) is 10.2. The van der Waals surface area contributed by atoms with E-state index in [0.717, 1.165) is 34.6 Å². The fourth-order valence-corrected chi connectivity index (χ4v) is 5.70. The summed E-state index contributed by atoms with van der Waals surface area (Å²) in [6.45, 7) is 4.83. The number of nitrogens with zero attached hydrogens (tertiary/aromatic N) is 3. The smallest absolute Gasteiger partial charge is 0.256 e. The SMILES string of the molecule is CCCCOc1ccc([C@]2(C)CC(c3ccc(C4CC4)s3)=C(c3nnn[nH]3)C(=O)N2)c(OC)c1. The molecule has 5 rings (SSSR count). The highest BCUT2D eigenvalue weighted by Gasteiger charge is 2.41. The Morgan fingerprint density at radius 3 is 2.79 bits per heavy atom. The van der Waals surface area contributed by atoms with Gasteiger partial charge in [-0.2, -0.15) is 0 Å². The zero-order chi connectivity index (χ0) is 23.7. The van der Waals surface area contributed by atoms with Crippen molar-refractivity contribution in [3.05, 3.63) is 51.5 Å². The lowest BCUT2D eigenvalue weighted by molar-refractivity contribution is -0.117. The molecule has 0 unspecified atom stereocenters. The minimum Gasteiger partial charge on any atom is -0.496 e. The van der Waals surface area contributed by atoms with Gasteiger partial charge in [-0.05, 0) is 72.4 Å². The van der Waals surface area contributed by atoms with Gasteiger partial charge in [0, 0.05) is 27.8 Å². The van der Waals surface area contributed by atoms with Gasteiger partial charge in [0.25, 0.3) is 5.91 Å². The molecular weight excluding hydrogens is 450 g/mol. The number of ether oxygens (including phenoxy) is 2. The third-order valence-electron chi connectivity index (χ3n) is 6.47. The molecule has 0 saturated heterocycles. The second kappa shape index (κ2) is 9.21. The standard InChI is InChI=1S/C25H29N5O3S/c1-4-5-12-33-16-8-9-18(19(13-16)32-3)25(2)14-17(21-11-10-20(34-21)15-6-7-15)22(24(31)26-25)23-27-29-30-28-23/h8-11,13,15H,4-7,12,14H2,1-3H3,(H,26,31)(H,27,28,29,30)/t25-/m0/s1. The molecule has 1 aliphatic heterocycles. The van der Waals surface area contributed by atoms with E-state index in [1.54, 1.807) is 18.4 Å². The molecule has 2 N–H and O–H groups in total. The van der Waals surface area contributed by atoms with Crippen LogP contribution in [-0.2, 0) is 10.3 Å². The Morgan fingerprint density at radius 1 is 1.24 bits per heavy atom. The number of H-pyrrole nitrogens is 1. The van der Waals surface area contributed by atoms with E-state index >= 15 is 0 Å². The number of methoxy groups -OCH3 is 1. The first-order chi connectivity index (χ1) is 16.5. The third-order valence-corrected chi connectivity index (χ3v) is 7.78. The van der Waals surface area contributed by atoms with Crippen molar-refractivity contribution < 1.29 is 14.3 Å². The monoisotopic (exact) mass is 479 g/mol. The van der Waals surface area contributed by atoms with Crippen LogP contribution >= 0.6 is 11.3 Å². The Kier molecular flexibility index (Phi) is 6.12. The maximum Gasteiger partial charge on any atom is 0.256 e. The second-order valence-electron chi connectivity index (χ2n) is 9.11. The molecule has 0 spiro atoms. The van der Waals surface area contributed by atoms with Gasteiger partial charge in [-0.25, -0.2) is 5.10 Å². The largest absolute Gasteiger partial charge is 0.496 e. The molecule has 2 aromatic heterocycles. The number of rotatable bonds is 9. The van der Waals surface area contributed by atoms with Crippen LogP contribution in [0.1, 0.15) is 73.0 Å². The van der Waals surface area contributed by atoms with Crippen LogP contribution < -0.4 is 14.8 Å². The van der Waals surface area contributed by atoms with Crippen LogP contribution in [0.3, 0.4) is 0 Å². The van der Waals surface area contributed by atoms with Crippen molar-refractivity contribution >= 4 is 28.4 Å². The molecule has 0 bridgehead atoms. The molecule has 2 aliphatic rings. The molecule has 1 fully saturated rings. The van der Waals surface area contributed by atoms with Crippen LogP contribution in [-0.4, -0.2) is 40.2 Å². The fraction of sp³-hybridized carbons (Fsp3) is 0.440. The van der Waals surface area contributed by atoms with E-state index in [0.29, 0.717) is 36.1 Å². The van der Waals surface area contributed by atoms with Crippen molar-refractivity contribution in [3.63, 3.8) is 0 Å². The zero-order valence-electron chi connectivity index (χ0n) is 19.7. The van der Waals surface area contributed by atoms with Crippen LogP contribution in [0.4, 0.5) is 0 Å². The van der Waals surface area contributed by atoms with Gasteiger partial charge >= 0.3 is 0 Å². The topological polar surface area (TPSA) is 102 Å². The van der Waals surface area contributed by atoms with E-state index < -0.39 is 5.54 Å². The van der Waals surface area contributed by atoms with Crippen molar-refractivity contribution in [2.24, 2.45) is 0 Å². The van der Waals surface area contributed by atoms with Crippen molar-refractivity contribution in [1.29, 1.82) is 0 Å². The number of carbonyl (C=O) groups excluding carboxylic acids is 1. The molecule has 34 heavy (non-hydrogen) atoms. The van der Waals surface area contributed by atoms with Gasteiger partial charge in [0.1, 0.15) is 11.5 Å². The number of aromatic amines is 1. The van der Waals surface area contributed by atoms with Crippen LogP contribution in [0.2, 0.25) is 0 Å². The summed E-state index contributed by atoms with van der Waals surface area (Å²) in [5.41, 5.74) is 1.65. The van der Waals surface area contributed by atoms with Crippen LogP contribution in [0.25, 0.3) is 11.1 Å². The number of thiophene rings is 1. The highest BCUT2D eigenvalue weighted by Crippen LogP contribution is 2.48. The molecule has 1 aliphatic carbocycles. The summed E-state index contributed by atoms with van der Waals surface area (Å²) in [7, 11) is 1.65. The average molecular weight is 480 g/mol. The van der Waals surface area contributed by atoms with Crippen molar-refractivity contribution in [2.75, 3.05) is 13.7 Å². The normalized spacial score (nSPS) is 20.4. The molecule has 1 saturated carbocycles. The first kappa shape index (κ1) is 22.6. The number of hydrogen-bond acceptors (Lipinski definition) is 7.